The van der Waals surface area contributed by atoms with Gasteiger partial charge in [0.2, 0.25) is 0 Å². The monoisotopic (exact) mass is 351 g/mol. The highest BCUT2D eigenvalue weighted by molar-refractivity contribution is 5.96. The molecule has 2 fully saturated rings. The number of benzene rings is 2. The highest BCUT2D eigenvalue weighted by atomic mass is 16.5. The van der Waals surface area contributed by atoms with Crippen LogP contribution in [0.15, 0.2) is 42.5 Å². The van der Waals surface area contributed by atoms with Gasteiger partial charge in [0.05, 0.1) is 5.56 Å². The van der Waals surface area contributed by atoms with Crippen LogP contribution in [0.3, 0.4) is 0 Å². The number of hydrogen-bond acceptors (Lipinski definition) is 3. The summed E-state index contributed by atoms with van der Waals surface area (Å²) in [7, 11) is 0. The summed E-state index contributed by atoms with van der Waals surface area (Å²) in [5.41, 5.74) is 0.491. The lowest BCUT2D eigenvalue weighted by Gasteiger charge is -2.44. The zero-order chi connectivity index (χ0) is 17.9. The molecular formula is C22H25NO3. The van der Waals surface area contributed by atoms with Gasteiger partial charge in [0, 0.05) is 12.6 Å². The molecule has 2 aromatic rings. The number of carbonyl (C=O) groups excluding carboxylic acids is 2. The summed E-state index contributed by atoms with van der Waals surface area (Å²) in [5.74, 6) is 0.162. The predicted molar refractivity (Wildman–Crippen MR) is 101 cm³/mol. The van der Waals surface area contributed by atoms with Crippen molar-refractivity contribution < 1.29 is 14.3 Å². The van der Waals surface area contributed by atoms with E-state index in [0.717, 1.165) is 30.2 Å². The molecule has 136 valence electrons. The molecule has 26 heavy (non-hydrogen) atoms. The largest absolute Gasteiger partial charge is 0.452 e. The van der Waals surface area contributed by atoms with Crippen molar-refractivity contribution in [2.45, 2.75) is 44.6 Å². The Kier molecular flexibility index (Phi) is 4.91. The van der Waals surface area contributed by atoms with Crippen LogP contribution in [0.2, 0.25) is 0 Å². The number of likely N-dealkylation sites (tertiary alicyclic amines) is 1. The van der Waals surface area contributed by atoms with E-state index < -0.39 is 5.97 Å². The molecule has 1 saturated carbocycles. The first-order valence-corrected chi connectivity index (χ1v) is 9.68. The Morgan fingerprint density at radius 1 is 0.962 bits per heavy atom. The quantitative estimate of drug-likeness (QED) is 0.780. The molecule has 1 aliphatic heterocycles. The van der Waals surface area contributed by atoms with E-state index in [1.54, 1.807) is 6.07 Å². The molecule has 4 heteroatoms. The molecule has 0 N–H and O–H groups in total. The van der Waals surface area contributed by atoms with Crippen LogP contribution in [0.5, 0.6) is 0 Å². The number of esters is 1. The molecule has 4 nitrogen and oxygen atoms in total. The van der Waals surface area contributed by atoms with Crippen LogP contribution in [-0.4, -0.2) is 36.0 Å². The second kappa shape index (κ2) is 7.48. The molecule has 0 radical (unpaired) electrons. The van der Waals surface area contributed by atoms with Crippen molar-refractivity contribution in [3.05, 3.63) is 48.0 Å². The van der Waals surface area contributed by atoms with Crippen LogP contribution < -0.4 is 0 Å². The highest BCUT2D eigenvalue weighted by Gasteiger charge is 2.35. The molecule has 0 aromatic heterocycles. The second-order valence-electron chi connectivity index (χ2n) is 7.48. The van der Waals surface area contributed by atoms with Crippen molar-refractivity contribution in [3.8, 4) is 0 Å². The van der Waals surface area contributed by atoms with E-state index in [2.05, 4.69) is 0 Å². The van der Waals surface area contributed by atoms with Crippen LogP contribution in [0, 0.1) is 5.92 Å². The van der Waals surface area contributed by atoms with Gasteiger partial charge in [0.15, 0.2) is 6.61 Å². The third-order valence-corrected chi connectivity index (χ3v) is 5.88. The van der Waals surface area contributed by atoms with Crippen molar-refractivity contribution in [1.29, 1.82) is 0 Å². The van der Waals surface area contributed by atoms with Crippen LogP contribution in [0.1, 0.15) is 48.9 Å². The van der Waals surface area contributed by atoms with E-state index in [0.29, 0.717) is 17.5 Å². The number of rotatable bonds is 3. The summed E-state index contributed by atoms with van der Waals surface area (Å²) in [5, 5.41) is 2.08. The van der Waals surface area contributed by atoms with E-state index in [9.17, 15) is 9.59 Å². The predicted octanol–water partition coefficient (Wildman–Crippen LogP) is 4.18. The molecule has 1 saturated heterocycles. The van der Waals surface area contributed by atoms with Crippen molar-refractivity contribution in [3.63, 3.8) is 0 Å². The lowest BCUT2D eigenvalue weighted by atomic mass is 9.78. The van der Waals surface area contributed by atoms with E-state index in [1.807, 2.05) is 41.3 Å². The Labute approximate surface area is 154 Å². The minimum Gasteiger partial charge on any atom is -0.452 e. The Balaban J connectivity index is 1.39. The number of carbonyl (C=O) groups is 2. The number of hydrogen-bond donors (Lipinski definition) is 0. The average Bonchev–Trinajstić information content (AvgIpc) is 2.71. The Morgan fingerprint density at radius 3 is 2.62 bits per heavy atom. The molecule has 1 amide bonds. The molecule has 0 bridgehead atoms. The van der Waals surface area contributed by atoms with Gasteiger partial charge in [-0.05, 0) is 54.5 Å². The SMILES string of the molecule is O=C(OCC(=O)N1CCC[C@H]2CCCC[C@H]21)c1ccc2ccccc2c1. The van der Waals surface area contributed by atoms with E-state index in [1.165, 1.54) is 25.7 Å². The van der Waals surface area contributed by atoms with Crippen molar-refractivity contribution in [2.24, 2.45) is 5.92 Å². The van der Waals surface area contributed by atoms with Crippen LogP contribution in [-0.2, 0) is 9.53 Å². The smallest absolute Gasteiger partial charge is 0.338 e. The standard InChI is InChI=1S/C22H25NO3/c24-21(23-13-5-9-17-7-3-4-10-20(17)23)15-26-22(25)19-12-11-16-6-1-2-8-18(16)14-19/h1-2,6,8,11-12,14,17,20H,3-5,7,9-10,13,15H2/t17-,20-/m1/s1. The molecular weight excluding hydrogens is 326 g/mol. The van der Waals surface area contributed by atoms with Crippen molar-refractivity contribution in [2.75, 3.05) is 13.2 Å². The summed E-state index contributed by atoms with van der Waals surface area (Å²) < 4.78 is 5.34. The van der Waals surface area contributed by atoms with Gasteiger partial charge in [-0.15, -0.1) is 0 Å². The Bertz CT molecular complexity index is 814. The lowest BCUT2D eigenvalue weighted by molar-refractivity contribution is -0.140. The van der Waals surface area contributed by atoms with Gasteiger partial charge in [0.1, 0.15) is 0 Å². The third-order valence-electron chi connectivity index (χ3n) is 5.88. The molecule has 0 spiro atoms. The van der Waals surface area contributed by atoms with Crippen molar-refractivity contribution >= 4 is 22.6 Å². The number of ether oxygens (including phenoxy) is 1. The zero-order valence-corrected chi connectivity index (χ0v) is 15.0. The fraction of sp³-hybridized carbons (Fsp3) is 0.455. The number of amides is 1. The maximum Gasteiger partial charge on any atom is 0.338 e. The number of piperidine rings is 1. The van der Waals surface area contributed by atoms with Gasteiger partial charge in [-0.3, -0.25) is 4.79 Å². The van der Waals surface area contributed by atoms with Crippen molar-refractivity contribution in [1.82, 2.24) is 4.90 Å². The minimum absolute atomic E-state index is 0.0456. The topological polar surface area (TPSA) is 46.6 Å². The molecule has 1 heterocycles. The first kappa shape index (κ1) is 17.1. The summed E-state index contributed by atoms with van der Waals surface area (Å²) in [4.78, 5) is 27.0. The van der Waals surface area contributed by atoms with Gasteiger partial charge in [-0.1, -0.05) is 43.2 Å². The fourth-order valence-corrected chi connectivity index (χ4v) is 4.54. The maximum absolute atomic E-state index is 12.6. The molecule has 2 aliphatic rings. The Morgan fingerprint density at radius 2 is 1.73 bits per heavy atom. The first-order chi connectivity index (χ1) is 12.7. The van der Waals surface area contributed by atoms with Crippen LogP contribution in [0.4, 0.5) is 0 Å². The van der Waals surface area contributed by atoms with Crippen LogP contribution >= 0.6 is 0 Å². The zero-order valence-electron chi connectivity index (χ0n) is 15.0. The molecule has 1 aliphatic carbocycles. The number of nitrogens with zero attached hydrogens (tertiary/aromatic N) is 1. The third kappa shape index (κ3) is 3.46. The second-order valence-corrected chi connectivity index (χ2v) is 7.48. The molecule has 0 unspecified atom stereocenters. The first-order valence-electron chi connectivity index (χ1n) is 9.68. The van der Waals surface area contributed by atoms with Gasteiger partial charge in [-0.25, -0.2) is 4.79 Å². The summed E-state index contributed by atoms with van der Waals surface area (Å²) in [6, 6.07) is 13.7. The maximum atomic E-state index is 12.6. The van der Waals surface area contributed by atoms with Gasteiger partial charge in [-0.2, -0.15) is 0 Å². The molecule has 2 aromatic carbocycles. The molecule has 2 atom stereocenters. The Hall–Kier alpha value is -2.36. The molecule has 4 rings (SSSR count). The summed E-state index contributed by atoms with van der Waals surface area (Å²) in [6.45, 7) is 0.641. The van der Waals surface area contributed by atoms with Gasteiger partial charge in [0.25, 0.3) is 5.91 Å². The highest BCUT2D eigenvalue weighted by Crippen LogP contribution is 2.35. The minimum atomic E-state index is -0.429. The van der Waals surface area contributed by atoms with Gasteiger partial charge < -0.3 is 9.64 Å². The summed E-state index contributed by atoms with van der Waals surface area (Å²) in [6.07, 6.45) is 7.08. The fourth-order valence-electron chi connectivity index (χ4n) is 4.54. The van der Waals surface area contributed by atoms with Crippen LogP contribution in [0.25, 0.3) is 10.8 Å². The van der Waals surface area contributed by atoms with Gasteiger partial charge >= 0.3 is 5.97 Å². The average molecular weight is 351 g/mol. The normalized spacial score (nSPS) is 22.7. The van der Waals surface area contributed by atoms with E-state index in [-0.39, 0.29) is 12.5 Å². The number of fused-ring (bicyclic) bond motifs is 2. The van der Waals surface area contributed by atoms with E-state index >= 15 is 0 Å². The van der Waals surface area contributed by atoms with E-state index in [4.69, 9.17) is 4.74 Å². The summed E-state index contributed by atoms with van der Waals surface area (Å²) >= 11 is 0. The lowest BCUT2D eigenvalue weighted by Crippen LogP contribution is -2.50.